The summed E-state index contributed by atoms with van der Waals surface area (Å²) in [6.45, 7) is 3.12. The summed E-state index contributed by atoms with van der Waals surface area (Å²) >= 11 is 5.11. The van der Waals surface area contributed by atoms with Crippen molar-refractivity contribution in [2.75, 3.05) is 26.8 Å². The van der Waals surface area contributed by atoms with Crippen LogP contribution in [-0.4, -0.2) is 54.6 Å². The zero-order chi connectivity index (χ0) is 14.9. The van der Waals surface area contributed by atoms with Gasteiger partial charge in [0.1, 0.15) is 6.04 Å². The molecule has 1 atom stereocenters. The van der Waals surface area contributed by atoms with E-state index in [9.17, 15) is 9.59 Å². The normalized spacial score (nSPS) is 33.2. The van der Waals surface area contributed by atoms with Gasteiger partial charge in [0.15, 0.2) is 0 Å². The van der Waals surface area contributed by atoms with Crippen LogP contribution in [0.2, 0.25) is 0 Å². The van der Waals surface area contributed by atoms with Crippen molar-refractivity contribution in [2.24, 2.45) is 17.1 Å². The van der Waals surface area contributed by atoms with Gasteiger partial charge in [-0.1, -0.05) is 19.1 Å². The third-order valence-electron chi connectivity index (χ3n) is 4.21. The molecule has 20 heavy (non-hydrogen) atoms. The van der Waals surface area contributed by atoms with Crippen LogP contribution >= 0.6 is 12.2 Å². The van der Waals surface area contributed by atoms with Gasteiger partial charge in [-0.3, -0.25) is 9.59 Å². The average molecular weight is 299 g/mol. The lowest BCUT2D eigenvalue weighted by Crippen LogP contribution is -2.63. The molecule has 2 fully saturated rings. The lowest BCUT2D eigenvalue weighted by atomic mass is 9.61. The Bertz CT molecular complexity index is 435. The van der Waals surface area contributed by atoms with E-state index in [-0.39, 0.29) is 23.4 Å². The van der Waals surface area contributed by atoms with Gasteiger partial charge in [-0.2, -0.15) is 0 Å². The molecule has 7 heteroatoms. The number of nitrogens with two attached hydrogens (primary N) is 1. The third kappa shape index (κ3) is 2.40. The first kappa shape index (κ1) is 15.2. The Balaban J connectivity index is 2.21. The highest BCUT2D eigenvalue weighted by Gasteiger charge is 2.54. The maximum Gasteiger partial charge on any atom is 0.244 e. The molecule has 6 nitrogen and oxygen atoms in total. The number of ether oxygens (including phenoxy) is 1. The number of hydrogen-bond donors (Lipinski definition) is 2. The molecule has 3 N–H and O–H groups in total. The number of rotatable bonds is 3. The van der Waals surface area contributed by atoms with Crippen LogP contribution in [0, 0.1) is 11.3 Å². The summed E-state index contributed by atoms with van der Waals surface area (Å²) in [4.78, 5) is 26.6. The second-order valence-electron chi connectivity index (χ2n) is 5.66. The standard InChI is InChI=1S/C13H21N3O3S/c1-8-5-13(6-8,11(14)20)12(18)16-3-4-19-7-9(16)10(17)15-2/h8-9H,3-7H2,1-2H3,(H2,14,20)(H,15,17). The van der Waals surface area contributed by atoms with Gasteiger partial charge < -0.3 is 20.7 Å². The van der Waals surface area contributed by atoms with Gasteiger partial charge in [0, 0.05) is 13.6 Å². The van der Waals surface area contributed by atoms with E-state index in [4.69, 9.17) is 22.7 Å². The van der Waals surface area contributed by atoms with E-state index in [0.717, 1.165) is 0 Å². The van der Waals surface area contributed by atoms with Crippen molar-refractivity contribution in [2.45, 2.75) is 25.8 Å². The number of thiocarbonyl (C=S) groups is 1. The first-order valence-electron chi connectivity index (χ1n) is 6.82. The fourth-order valence-corrected chi connectivity index (χ4v) is 3.37. The summed E-state index contributed by atoms with van der Waals surface area (Å²) in [5.41, 5.74) is 5.04. The molecule has 2 amide bonds. The monoisotopic (exact) mass is 299 g/mol. The zero-order valence-corrected chi connectivity index (χ0v) is 12.7. The molecule has 0 bridgehead atoms. The van der Waals surface area contributed by atoms with Gasteiger partial charge in [-0.05, 0) is 18.8 Å². The molecule has 0 spiro atoms. The Morgan fingerprint density at radius 2 is 2.10 bits per heavy atom. The molecule has 1 saturated carbocycles. The summed E-state index contributed by atoms with van der Waals surface area (Å²) < 4.78 is 5.31. The number of nitrogens with zero attached hydrogens (tertiary/aromatic N) is 1. The first-order chi connectivity index (χ1) is 9.42. The van der Waals surface area contributed by atoms with Gasteiger partial charge in [0.2, 0.25) is 11.8 Å². The fourth-order valence-electron chi connectivity index (χ4n) is 3.12. The molecule has 1 aliphatic heterocycles. The maximum absolute atomic E-state index is 12.8. The predicted octanol–water partition coefficient (Wildman–Crippen LogP) is -0.338. The molecule has 112 valence electrons. The Hall–Kier alpha value is -1.21. The molecule has 1 aliphatic carbocycles. The largest absolute Gasteiger partial charge is 0.392 e. The molecule has 0 aromatic carbocycles. The molecule has 0 radical (unpaired) electrons. The smallest absolute Gasteiger partial charge is 0.244 e. The van der Waals surface area contributed by atoms with Crippen molar-refractivity contribution in [1.82, 2.24) is 10.2 Å². The summed E-state index contributed by atoms with van der Waals surface area (Å²) in [5, 5.41) is 2.57. The number of carbonyl (C=O) groups is 2. The lowest BCUT2D eigenvalue weighted by molar-refractivity contribution is -0.158. The average Bonchev–Trinajstić information content (AvgIpc) is 2.41. The van der Waals surface area contributed by atoms with Crippen LogP contribution in [-0.2, 0) is 14.3 Å². The highest BCUT2D eigenvalue weighted by Crippen LogP contribution is 2.47. The van der Waals surface area contributed by atoms with Crippen LogP contribution < -0.4 is 11.1 Å². The second-order valence-corrected chi connectivity index (χ2v) is 6.10. The number of morpholine rings is 1. The van der Waals surface area contributed by atoms with Gasteiger partial charge in [-0.15, -0.1) is 0 Å². The minimum Gasteiger partial charge on any atom is -0.392 e. The van der Waals surface area contributed by atoms with Crippen LogP contribution in [0.25, 0.3) is 0 Å². The van der Waals surface area contributed by atoms with Crippen molar-refractivity contribution in [3.05, 3.63) is 0 Å². The topological polar surface area (TPSA) is 84.7 Å². The second kappa shape index (κ2) is 5.65. The van der Waals surface area contributed by atoms with E-state index in [2.05, 4.69) is 12.2 Å². The van der Waals surface area contributed by atoms with Crippen molar-refractivity contribution in [3.8, 4) is 0 Å². The number of nitrogens with one attached hydrogen (secondary N) is 1. The highest BCUT2D eigenvalue weighted by atomic mass is 32.1. The minimum atomic E-state index is -0.766. The molecule has 1 heterocycles. The molecule has 0 aromatic rings. The van der Waals surface area contributed by atoms with E-state index >= 15 is 0 Å². The molecule has 0 aromatic heterocycles. The van der Waals surface area contributed by atoms with Crippen molar-refractivity contribution < 1.29 is 14.3 Å². The molecule has 2 rings (SSSR count). The Morgan fingerprint density at radius 1 is 1.45 bits per heavy atom. The van der Waals surface area contributed by atoms with Crippen LogP contribution in [0.4, 0.5) is 0 Å². The molecule has 1 unspecified atom stereocenters. The van der Waals surface area contributed by atoms with Gasteiger partial charge in [0.05, 0.1) is 23.6 Å². The van der Waals surface area contributed by atoms with Crippen molar-refractivity contribution >= 4 is 29.0 Å². The summed E-state index contributed by atoms with van der Waals surface area (Å²) in [5.74, 6) is 0.0865. The van der Waals surface area contributed by atoms with Crippen LogP contribution in [0.3, 0.4) is 0 Å². The zero-order valence-electron chi connectivity index (χ0n) is 11.8. The van der Waals surface area contributed by atoms with Crippen molar-refractivity contribution in [1.29, 1.82) is 0 Å². The molecular formula is C13H21N3O3S. The van der Waals surface area contributed by atoms with E-state index in [1.807, 2.05) is 0 Å². The first-order valence-corrected chi connectivity index (χ1v) is 7.23. The third-order valence-corrected chi connectivity index (χ3v) is 4.60. The number of amides is 2. The van der Waals surface area contributed by atoms with E-state index in [0.29, 0.717) is 31.9 Å². The molecule has 1 saturated heterocycles. The Labute approximate surface area is 124 Å². The summed E-state index contributed by atoms with van der Waals surface area (Å²) in [6.07, 6.45) is 1.33. The van der Waals surface area contributed by atoms with Gasteiger partial charge in [-0.25, -0.2) is 0 Å². The number of likely N-dealkylation sites (N-methyl/N-ethyl adjacent to an activating group) is 1. The van der Waals surface area contributed by atoms with Crippen LogP contribution in [0.5, 0.6) is 0 Å². The minimum absolute atomic E-state index is 0.125. The summed E-state index contributed by atoms with van der Waals surface area (Å²) in [7, 11) is 1.55. The SMILES string of the molecule is CNC(=O)C1COCCN1C(=O)C1(C(N)=S)CC(C)C1. The Morgan fingerprint density at radius 3 is 2.60 bits per heavy atom. The number of carbonyl (C=O) groups excluding carboxylic acids is 2. The fraction of sp³-hybridized carbons (Fsp3) is 0.769. The molecule has 2 aliphatic rings. The van der Waals surface area contributed by atoms with Gasteiger partial charge >= 0.3 is 0 Å². The Kier molecular flexibility index (Phi) is 4.29. The number of hydrogen-bond acceptors (Lipinski definition) is 4. The molecular weight excluding hydrogens is 278 g/mol. The highest BCUT2D eigenvalue weighted by molar-refractivity contribution is 7.80. The van der Waals surface area contributed by atoms with E-state index < -0.39 is 11.5 Å². The maximum atomic E-state index is 12.8. The summed E-state index contributed by atoms with van der Waals surface area (Å²) in [6, 6.07) is -0.594. The lowest BCUT2D eigenvalue weighted by Gasteiger charge is -2.48. The van der Waals surface area contributed by atoms with Crippen molar-refractivity contribution in [3.63, 3.8) is 0 Å². The quantitative estimate of drug-likeness (QED) is 0.697. The van der Waals surface area contributed by atoms with E-state index in [1.54, 1.807) is 11.9 Å². The predicted molar refractivity (Wildman–Crippen MR) is 78.0 cm³/mol. The van der Waals surface area contributed by atoms with Crippen LogP contribution in [0.1, 0.15) is 19.8 Å². The van der Waals surface area contributed by atoms with Gasteiger partial charge in [0.25, 0.3) is 0 Å². The van der Waals surface area contributed by atoms with E-state index in [1.165, 1.54) is 0 Å². The van der Waals surface area contributed by atoms with Crippen LogP contribution in [0.15, 0.2) is 0 Å².